The molecule has 1 aliphatic heterocycles. The molecule has 0 N–H and O–H groups in total. The molecule has 0 atom stereocenters. The van der Waals surface area contributed by atoms with Crippen LogP contribution in [-0.2, 0) is 16.2 Å². The predicted molar refractivity (Wildman–Crippen MR) is 78.2 cm³/mol. The Bertz CT molecular complexity index is 975. The maximum Gasteiger partial charge on any atom is 0.345 e. The van der Waals surface area contributed by atoms with E-state index in [0.29, 0.717) is 22.8 Å². The van der Waals surface area contributed by atoms with Crippen LogP contribution < -0.4 is 10.4 Å². The van der Waals surface area contributed by atoms with E-state index in [1.807, 2.05) is 6.07 Å². The molecule has 1 aromatic carbocycles. The molecular formula is C14H10N2O5S. The standard InChI is InChI=1S/C14H10N2O5S/c1-2-19-13(18)8-5-15-14-16(12(8)17)9-4-10-7(6-20-21-10)3-11(9)22-14/h3-5H,2,6H2,1H3. The molecule has 0 unspecified atom stereocenters. The van der Waals surface area contributed by atoms with Gasteiger partial charge >= 0.3 is 5.97 Å². The second kappa shape index (κ2) is 4.79. The van der Waals surface area contributed by atoms with Crippen LogP contribution in [0.1, 0.15) is 22.8 Å². The van der Waals surface area contributed by atoms with Crippen LogP contribution in [0.3, 0.4) is 0 Å². The second-order valence-electron chi connectivity index (χ2n) is 4.69. The number of fused-ring (bicyclic) bond motifs is 4. The van der Waals surface area contributed by atoms with Gasteiger partial charge in [-0.25, -0.2) is 9.78 Å². The first-order valence-electron chi connectivity index (χ1n) is 6.63. The van der Waals surface area contributed by atoms with Crippen molar-refractivity contribution in [3.05, 3.63) is 39.8 Å². The van der Waals surface area contributed by atoms with Gasteiger partial charge in [0.2, 0.25) is 0 Å². The Balaban J connectivity index is 2.02. The number of carbonyl (C=O) groups is 1. The summed E-state index contributed by atoms with van der Waals surface area (Å²) in [6, 6.07) is 3.62. The van der Waals surface area contributed by atoms with Crippen LogP contribution in [0.4, 0.5) is 0 Å². The first-order valence-corrected chi connectivity index (χ1v) is 7.44. The fraction of sp³-hybridized carbons (Fsp3) is 0.214. The third kappa shape index (κ3) is 1.81. The number of hydrogen-bond donors (Lipinski definition) is 0. The van der Waals surface area contributed by atoms with Gasteiger partial charge in [-0.3, -0.25) is 9.20 Å². The fourth-order valence-corrected chi connectivity index (χ4v) is 3.40. The van der Waals surface area contributed by atoms with E-state index in [1.165, 1.54) is 21.9 Å². The van der Waals surface area contributed by atoms with E-state index in [4.69, 9.17) is 14.5 Å². The number of benzene rings is 1. The fourth-order valence-electron chi connectivity index (χ4n) is 2.37. The van der Waals surface area contributed by atoms with E-state index in [0.717, 1.165) is 10.3 Å². The zero-order chi connectivity index (χ0) is 15.3. The van der Waals surface area contributed by atoms with Crippen LogP contribution in [0.5, 0.6) is 5.75 Å². The van der Waals surface area contributed by atoms with Crippen molar-refractivity contribution in [1.82, 2.24) is 9.38 Å². The minimum absolute atomic E-state index is 0.0864. The molecule has 3 aromatic rings. The Morgan fingerprint density at radius 3 is 3.18 bits per heavy atom. The van der Waals surface area contributed by atoms with Crippen molar-refractivity contribution < 1.29 is 19.3 Å². The first-order chi connectivity index (χ1) is 10.7. The lowest BCUT2D eigenvalue weighted by atomic mass is 10.2. The quantitative estimate of drug-likeness (QED) is 0.530. The average Bonchev–Trinajstić information content (AvgIpc) is 3.08. The van der Waals surface area contributed by atoms with Gasteiger partial charge in [0.25, 0.3) is 5.56 Å². The van der Waals surface area contributed by atoms with Crippen LogP contribution in [0, 0.1) is 0 Å². The lowest BCUT2D eigenvalue weighted by Crippen LogP contribution is -2.23. The monoisotopic (exact) mass is 318 g/mol. The smallest absolute Gasteiger partial charge is 0.345 e. The summed E-state index contributed by atoms with van der Waals surface area (Å²) < 4.78 is 7.16. The van der Waals surface area contributed by atoms with Gasteiger partial charge in [0.15, 0.2) is 10.7 Å². The van der Waals surface area contributed by atoms with E-state index < -0.39 is 11.5 Å². The van der Waals surface area contributed by atoms with Gasteiger partial charge in [0.05, 0.1) is 23.0 Å². The highest BCUT2D eigenvalue weighted by molar-refractivity contribution is 7.23. The van der Waals surface area contributed by atoms with Gasteiger partial charge in [-0.05, 0) is 13.0 Å². The highest BCUT2D eigenvalue weighted by atomic mass is 32.1. The first kappa shape index (κ1) is 13.2. The SMILES string of the molecule is CCOC(=O)c1cnc2sc3cc4c(cc3n2c1=O)OOC4. The molecular weight excluding hydrogens is 308 g/mol. The molecule has 3 heterocycles. The van der Waals surface area contributed by atoms with Crippen molar-refractivity contribution in [2.45, 2.75) is 13.5 Å². The Labute approximate surface area is 127 Å². The van der Waals surface area contributed by atoms with Crippen molar-refractivity contribution in [3.63, 3.8) is 0 Å². The highest BCUT2D eigenvalue weighted by Gasteiger charge is 2.21. The molecule has 2 aromatic heterocycles. The van der Waals surface area contributed by atoms with Crippen LogP contribution >= 0.6 is 11.3 Å². The largest absolute Gasteiger partial charge is 0.462 e. The van der Waals surface area contributed by atoms with Crippen LogP contribution in [0.15, 0.2) is 23.1 Å². The van der Waals surface area contributed by atoms with E-state index in [-0.39, 0.29) is 12.2 Å². The highest BCUT2D eigenvalue weighted by Crippen LogP contribution is 2.34. The molecule has 0 aliphatic carbocycles. The summed E-state index contributed by atoms with van der Waals surface area (Å²) in [5.74, 6) is -0.102. The van der Waals surface area contributed by atoms with Crippen molar-refractivity contribution in [1.29, 1.82) is 0 Å². The third-order valence-corrected chi connectivity index (χ3v) is 4.39. The van der Waals surface area contributed by atoms with Gasteiger partial charge in [0.1, 0.15) is 12.2 Å². The molecule has 0 radical (unpaired) electrons. The molecule has 0 amide bonds. The topological polar surface area (TPSA) is 79.1 Å². The molecule has 4 rings (SSSR count). The number of ether oxygens (including phenoxy) is 1. The van der Waals surface area contributed by atoms with Crippen LogP contribution in [-0.4, -0.2) is 22.0 Å². The summed E-state index contributed by atoms with van der Waals surface area (Å²) in [5, 5.41) is 0. The summed E-state index contributed by atoms with van der Waals surface area (Å²) in [4.78, 5) is 39.1. The molecule has 0 fully saturated rings. The van der Waals surface area contributed by atoms with E-state index in [9.17, 15) is 9.59 Å². The lowest BCUT2D eigenvalue weighted by molar-refractivity contribution is -0.194. The van der Waals surface area contributed by atoms with Crippen LogP contribution in [0.25, 0.3) is 15.2 Å². The molecule has 1 aliphatic rings. The number of esters is 1. The average molecular weight is 318 g/mol. The normalized spacial score (nSPS) is 13.3. The Hall–Kier alpha value is -2.45. The van der Waals surface area contributed by atoms with E-state index in [1.54, 1.807) is 13.0 Å². The molecule has 0 saturated heterocycles. The summed E-state index contributed by atoms with van der Waals surface area (Å²) in [6.07, 6.45) is 1.26. The minimum atomic E-state index is -0.672. The summed E-state index contributed by atoms with van der Waals surface area (Å²) in [6.45, 7) is 2.25. The maximum atomic E-state index is 12.6. The molecule has 7 nitrogen and oxygen atoms in total. The number of thiazole rings is 1. The van der Waals surface area contributed by atoms with Gasteiger partial charge in [-0.2, -0.15) is 4.89 Å². The molecule has 0 bridgehead atoms. The molecule has 112 valence electrons. The zero-order valence-corrected chi connectivity index (χ0v) is 12.3. The Kier molecular flexibility index (Phi) is 2.88. The van der Waals surface area contributed by atoms with Gasteiger partial charge in [-0.15, -0.1) is 0 Å². The third-order valence-electron chi connectivity index (χ3n) is 3.37. The number of nitrogens with zero attached hydrogens (tertiary/aromatic N) is 2. The predicted octanol–water partition coefficient (Wildman–Crippen LogP) is 1.91. The van der Waals surface area contributed by atoms with Crippen LogP contribution in [0.2, 0.25) is 0 Å². The van der Waals surface area contributed by atoms with E-state index in [2.05, 4.69) is 4.98 Å². The minimum Gasteiger partial charge on any atom is -0.462 e. The summed E-state index contributed by atoms with van der Waals surface area (Å²) in [7, 11) is 0. The number of carbonyl (C=O) groups excluding carboxylic acids is 1. The van der Waals surface area contributed by atoms with E-state index >= 15 is 0 Å². The van der Waals surface area contributed by atoms with Gasteiger partial charge < -0.3 is 9.62 Å². The van der Waals surface area contributed by atoms with Crippen molar-refractivity contribution in [2.24, 2.45) is 0 Å². The number of aromatic nitrogens is 2. The molecule has 0 saturated carbocycles. The number of hydrogen-bond acceptors (Lipinski definition) is 7. The van der Waals surface area contributed by atoms with Gasteiger partial charge in [0, 0.05) is 11.6 Å². The summed E-state index contributed by atoms with van der Waals surface area (Å²) in [5.41, 5.74) is 1.01. The Morgan fingerprint density at radius 2 is 2.36 bits per heavy atom. The lowest BCUT2D eigenvalue weighted by Gasteiger charge is -2.02. The van der Waals surface area contributed by atoms with Crippen molar-refractivity contribution in [2.75, 3.05) is 6.61 Å². The number of rotatable bonds is 2. The van der Waals surface area contributed by atoms with Crippen molar-refractivity contribution >= 4 is 32.5 Å². The molecule has 0 spiro atoms. The maximum absolute atomic E-state index is 12.6. The zero-order valence-electron chi connectivity index (χ0n) is 11.5. The second-order valence-corrected chi connectivity index (χ2v) is 5.70. The summed E-state index contributed by atoms with van der Waals surface area (Å²) >= 11 is 1.36. The molecule has 22 heavy (non-hydrogen) atoms. The van der Waals surface area contributed by atoms with Crippen molar-refractivity contribution in [3.8, 4) is 5.75 Å². The van der Waals surface area contributed by atoms with Gasteiger partial charge in [-0.1, -0.05) is 11.3 Å². The Morgan fingerprint density at radius 1 is 1.50 bits per heavy atom. The molecule has 8 heteroatoms.